The average Bonchev–Trinajstić information content (AvgIpc) is 3.47. The van der Waals surface area contributed by atoms with E-state index < -0.39 is 6.04 Å². The molecule has 1 fully saturated rings. The Hall–Kier alpha value is -4.33. The first-order valence-corrected chi connectivity index (χ1v) is 12.0. The number of carbonyl (C=O) groups excluding carboxylic acids is 2. The van der Waals surface area contributed by atoms with E-state index in [0.29, 0.717) is 25.2 Å². The molecule has 3 heterocycles. The van der Waals surface area contributed by atoms with E-state index >= 15 is 0 Å². The Morgan fingerprint density at radius 1 is 1.33 bits per heavy atom. The molecular weight excluding hydrogens is 460 g/mol. The lowest BCUT2D eigenvalue weighted by molar-refractivity contribution is -0.136. The van der Waals surface area contributed by atoms with Crippen molar-refractivity contribution in [2.24, 2.45) is 4.99 Å². The highest BCUT2D eigenvalue weighted by molar-refractivity contribution is 5.98. The molecule has 0 spiro atoms. The highest BCUT2D eigenvalue weighted by atomic mass is 16.3. The van der Waals surface area contributed by atoms with Crippen LogP contribution in [0, 0.1) is 18.4 Å². The van der Waals surface area contributed by atoms with Gasteiger partial charge in [0, 0.05) is 43.1 Å². The summed E-state index contributed by atoms with van der Waals surface area (Å²) in [5.41, 5.74) is 1.47. The molecule has 11 nitrogen and oxygen atoms in total. The number of fused-ring (bicyclic) bond motifs is 1. The van der Waals surface area contributed by atoms with Crippen LogP contribution in [0.5, 0.6) is 0 Å². The zero-order chi connectivity index (χ0) is 25.3. The summed E-state index contributed by atoms with van der Waals surface area (Å²) in [6, 6.07) is 6.77. The van der Waals surface area contributed by atoms with Crippen LogP contribution in [0.15, 0.2) is 52.4 Å². The van der Waals surface area contributed by atoms with E-state index in [2.05, 4.69) is 25.9 Å². The summed E-state index contributed by atoms with van der Waals surface area (Å²) in [5.74, 6) is 0.565. The van der Waals surface area contributed by atoms with Crippen molar-refractivity contribution in [2.75, 3.05) is 25.0 Å². The minimum Gasteiger partial charge on any atom is -0.461 e. The van der Waals surface area contributed by atoms with Gasteiger partial charge in [0.1, 0.15) is 17.4 Å². The number of amides is 2. The van der Waals surface area contributed by atoms with Crippen LogP contribution < -0.4 is 16.0 Å². The summed E-state index contributed by atoms with van der Waals surface area (Å²) in [6.07, 6.45) is 10.1. The average molecular weight is 491 g/mol. The van der Waals surface area contributed by atoms with Crippen molar-refractivity contribution in [2.45, 2.75) is 45.2 Å². The van der Waals surface area contributed by atoms with Crippen LogP contribution in [0.2, 0.25) is 0 Å². The highest BCUT2D eigenvalue weighted by Crippen LogP contribution is 2.23. The predicted octanol–water partition coefficient (Wildman–Crippen LogP) is 2.36. The van der Waals surface area contributed by atoms with E-state index in [1.54, 1.807) is 17.4 Å². The normalized spacial score (nSPS) is 16.4. The molecule has 0 bridgehead atoms. The van der Waals surface area contributed by atoms with Gasteiger partial charge in [0.05, 0.1) is 12.9 Å². The molecule has 1 atom stereocenters. The lowest BCUT2D eigenvalue weighted by atomic mass is 10.1. The highest BCUT2D eigenvalue weighted by Gasteiger charge is 2.28. The van der Waals surface area contributed by atoms with E-state index in [1.165, 1.54) is 0 Å². The maximum absolute atomic E-state index is 13.2. The summed E-state index contributed by atoms with van der Waals surface area (Å²) in [5, 5.41) is 18.7. The van der Waals surface area contributed by atoms with Gasteiger partial charge in [-0.15, -0.1) is 0 Å². The molecule has 3 N–H and O–H groups in total. The van der Waals surface area contributed by atoms with Gasteiger partial charge < -0.3 is 24.5 Å². The Kier molecular flexibility index (Phi) is 8.18. The molecule has 2 aromatic heterocycles. The smallest absolute Gasteiger partial charge is 0.247 e. The quantitative estimate of drug-likeness (QED) is 0.145. The molecule has 1 saturated heterocycles. The molecule has 0 saturated carbocycles. The third-order valence-electron chi connectivity index (χ3n) is 5.92. The number of aromatic nitrogens is 2. The molecule has 0 aliphatic carbocycles. The second kappa shape index (κ2) is 11.9. The maximum atomic E-state index is 13.2. The number of nitrogens with zero attached hydrogens (tertiary/aromatic N) is 5. The lowest BCUT2D eigenvalue weighted by Crippen LogP contribution is -2.44. The summed E-state index contributed by atoms with van der Waals surface area (Å²) < 4.78 is 7.55. The molecule has 36 heavy (non-hydrogen) atoms. The Morgan fingerprint density at radius 3 is 3.03 bits per heavy atom. The monoisotopic (exact) mass is 490 g/mol. The second-order valence-electron chi connectivity index (χ2n) is 8.72. The fraction of sp³-hybridized carbons (Fsp3) is 0.400. The molecule has 2 amide bonds. The van der Waals surface area contributed by atoms with Crippen molar-refractivity contribution in [3.05, 3.63) is 48.7 Å². The van der Waals surface area contributed by atoms with Gasteiger partial charge >= 0.3 is 0 Å². The fourth-order valence-electron chi connectivity index (χ4n) is 4.19. The molecule has 1 aliphatic heterocycles. The number of guanidine groups is 1. The van der Waals surface area contributed by atoms with Crippen LogP contribution in [-0.2, 0) is 16.1 Å². The molecule has 1 aromatic carbocycles. The first kappa shape index (κ1) is 24.8. The van der Waals surface area contributed by atoms with Crippen molar-refractivity contribution < 1.29 is 14.0 Å². The summed E-state index contributed by atoms with van der Waals surface area (Å²) >= 11 is 0. The van der Waals surface area contributed by atoms with E-state index in [9.17, 15) is 14.9 Å². The Bertz CT molecular complexity index is 1260. The predicted molar refractivity (Wildman–Crippen MR) is 135 cm³/mol. The third-order valence-corrected chi connectivity index (χ3v) is 5.92. The van der Waals surface area contributed by atoms with Crippen LogP contribution in [0.1, 0.15) is 31.4 Å². The van der Waals surface area contributed by atoms with Gasteiger partial charge in [-0.25, -0.2) is 9.98 Å². The first-order valence-electron chi connectivity index (χ1n) is 12.0. The van der Waals surface area contributed by atoms with Crippen LogP contribution in [0.25, 0.3) is 11.0 Å². The van der Waals surface area contributed by atoms with Gasteiger partial charge in [0.15, 0.2) is 6.19 Å². The maximum Gasteiger partial charge on any atom is 0.247 e. The molecule has 1 aliphatic rings. The Morgan fingerprint density at radius 2 is 2.22 bits per heavy atom. The zero-order valence-electron chi connectivity index (χ0n) is 20.2. The summed E-state index contributed by atoms with van der Waals surface area (Å²) in [6.45, 7) is 3.64. The van der Waals surface area contributed by atoms with Crippen LogP contribution >= 0.6 is 0 Å². The van der Waals surface area contributed by atoms with E-state index in [-0.39, 0.29) is 24.3 Å². The van der Waals surface area contributed by atoms with Gasteiger partial charge in [0.25, 0.3) is 0 Å². The minimum absolute atomic E-state index is 0.0130. The van der Waals surface area contributed by atoms with Gasteiger partial charge in [-0.2, -0.15) is 5.26 Å². The van der Waals surface area contributed by atoms with Gasteiger partial charge in [0.2, 0.25) is 17.8 Å². The van der Waals surface area contributed by atoms with Crippen molar-refractivity contribution >= 4 is 34.4 Å². The number of aliphatic imine (C=N–C) groups is 1. The molecular formula is C25H30N8O3. The molecule has 0 unspecified atom stereocenters. The number of nitriles is 1. The molecule has 188 valence electrons. The fourth-order valence-corrected chi connectivity index (χ4v) is 4.19. The topological polar surface area (TPSA) is 141 Å². The number of imidazole rings is 1. The Balaban J connectivity index is 1.36. The summed E-state index contributed by atoms with van der Waals surface area (Å²) in [4.78, 5) is 35.8. The van der Waals surface area contributed by atoms with Crippen molar-refractivity contribution in [1.29, 1.82) is 5.26 Å². The number of aryl methyl sites for hydroxylation is 2. The van der Waals surface area contributed by atoms with Crippen molar-refractivity contribution in [3.8, 4) is 6.19 Å². The van der Waals surface area contributed by atoms with Gasteiger partial charge in [-0.3, -0.25) is 14.9 Å². The van der Waals surface area contributed by atoms with Crippen LogP contribution in [0.3, 0.4) is 0 Å². The number of carbonyl (C=O) groups is 2. The lowest BCUT2D eigenvalue weighted by Gasteiger charge is -2.22. The third kappa shape index (κ3) is 6.63. The zero-order valence-corrected chi connectivity index (χ0v) is 20.2. The molecule has 3 aromatic rings. The van der Waals surface area contributed by atoms with E-state index in [4.69, 9.17) is 4.42 Å². The number of benzene rings is 1. The van der Waals surface area contributed by atoms with E-state index in [1.807, 2.05) is 48.1 Å². The number of rotatable bonds is 8. The molecule has 4 rings (SSSR count). The summed E-state index contributed by atoms with van der Waals surface area (Å²) in [7, 11) is 0. The number of likely N-dealkylation sites (tertiary alicyclic amines) is 1. The first-order chi connectivity index (χ1) is 17.5. The van der Waals surface area contributed by atoms with Crippen molar-refractivity contribution in [1.82, 2.24) is 25.1 Å². The minimum atomic E-state index is -0.690. The Labute approximate surface area is 209 Å². The van der Waals surface area contributed by atoms with E-state index in [0.717, 1.165) is 42.5 Å². The van der Waals surface area contributed by atoms with Crippen LogP contribution in [-0.4, -0.2) is 57.9 Å². The van der Waals surface area contributed by atoms with Gasteiger partial charge in [-0.1, -0.05) is 0 Å². The molecule has 11 heteroatoms. The van der Waals surface area contributed by atoms with Crippen LogP contribution in [0.4, 0.5) is 5.69 Å². The second-order valence-corrected chi connectivity index (χ2v) is 8.72. The SMILES string of the molecule is Cc1cc2cc(NC(=N[C@H]3CCCCN(CC(=O)NCCCn4ccnc4)C3=O)NC#N)ccc2o1. The largest absolute Gasteiger partial charge is 0.461 e. The number of hydrogen-bond acceptors (Lipinski definition) is 6. The van der Waals surface area contributed by atoms with Crippen molar-refractivity contribution in [3.63, 3.8) is 0 Å². The number of anilines is 1. The molecule has 0 radical (unpaired) electrons. The number of hydrogen-bond donors (Lipinski definition) is 3. The van der Waals surface area contributed by atoms with Gasteiger partial charge in [-0.05, 0) is 56.9 Å². The number of nitrogens with one attached hydrogen (secondary N) is 3. The standard InChI is InChI=1S/C25H30N8O3/c1-18-13-19-14-20(6-7-22(19)36-18)30-25(29-16-26)31-21-5-2-3-11-33(24(21)35)15-23(34)28-8-4-10-32-12-9-27-17-32/h6-7,9,12-14,17,21H,2-5,8,10-11,15H2,1H3,(H,28,34)(H2,29,30,31)/t21-/m0/s1. The number of furan rings is 1.